The number of aromatic nitrogens is 2. The van der Waals surface area contributed by atoms with Crippen molar-refractivity contribution in [1.29, 1.82) is 0 Å². The predicted octanol–water partition coefficient (Wildman–Crippen LogP) is 3.60. The maximum Gasteiger partial charge on any atom is 0.228 e. The Morgan fingerprint density at radius 3 is 2.86 bits per heavy atom. The van der Waals surface area contributed by atoms with E-state index < -0.39 is 0 Å². The Kier molecular flexibility index (Phi) is 6.26. The molecule has 1 N–H and O–H groups in total. The zero-order chi connectivity index (χ0) is 15.1. The minimum atomic E-state index is 0.410. The number of hydrogen-bond acceptors (Lipinski definition) is 5. The predicted molar refractivity (Wildman–Crippen MR) is 86.5 cm³/mol. The minimum Gasteiger partial charge on any atom is -0.339 e. The minimum absolute atomic E-state index is 0.410. The van der Waals surface area contributed by atoms with E-state index in [1.165, 1.54) is 10.5 Å². The fourth-order valence-corrected chi connectivity index (χ4v) is 3.07. The van der Waals surface area contributed by atoms with Gasteiger partial charge in [0.25, 0.3) is 0 Å². The SMILES string of the molecule is CCCC(Cc1nc(CSc2ccccc2C)no1)NC. The van der Waals surface area contributed by atoms with Crippen molar-refractivity contribution in [3.63, 3.8) is 0 Å². The van der Waals surface area contributed by atoms with Gasteiger partial charge in [0.15, 0.2) is 5.82 Å². The molecule has 0 fully saturated rings. The van der Waals surface area contributed by atoms with Crippen LogP contribution in [0.25, 0.3) is 0 Å². The number of rotatable bonds is 8. The van der Waals surface area contributed by atoms with Gasteiger partial charge in [0.1, 0.15) is 0 Å². The van der Waals surface area contributed by atoms with E-state index in [0.29, 0.717) is 6.04 Å². The third-order valence-corrected chi connectivity index (χ3v) is 4.60. The number of thioether (sulfide) groups is 1. The van der Waals surface area contributed by atoms with Crippen molar-refractivity contribution in [2.75, 3.05) is 7.05 Å². The lowest BCUT2D eigenvalue weighted by Gasteiger charge is -2.11. The molecule has 0 radical (unpaired) electrons. The lowest BCUT2D eigenvalue weighted by atomic mass is 10.1. The molecular formula is C16H23N3OS. The van der Waals surface area contributed by atoms with E-state index in [0.717, 1.165) is 36.7 Å². The number of benzene rings is 1. The molecule has 4 nitrogen and oxygen atoms in total. The molecule has 1 unspecified atom stereocenters. The van der Waals surface area contributed by atoms with E-state index in [1.807, 2.05) is 7.05 Å². The zero-order valence-corrected chi connectivity index (χ0v) is 13.7. The number of aryl methyl sites for hydroxylation is 1. The van der Waals surface area contributed by atoms with Crippen molar-refractivity contribution in [3.8, 4) is 0 Å². The van der Waals surface area contributed by atoms with Gasteiger partial charge in [0.05, 0.1) is 5.75 Å². The molecule has 1 aromatic heterocycles. The summed E-state index contributed by atoms with van der Waals surface area (Å²) in [6.07, 6.45) is 3.06. The molecule has 1 aromatic carbocycles. The molecule has 0 aliphatic rings. The van der Waals surface area contributed by atoms with Crippen LogP contribution in [-0.4, -0.2) is 23.2 Å². The van der Waals surface area contributed by atoms with Gasteiger partial charge in [-0.3, -0.25) is 0 Å². The molecule has 0 saturated carbocycles. The highest BCUT2D eigenvalue weighted by Gasteiger charge is 2.12. The molecule has 0 aliphatic heterocycles. The maximum absolute atomic E-state index is 5.35. The van der Waals surface area contributed by atoms with Gasteiger partial charge in [0, 0.05) is 17.4 Å². The normalized spacial score (nSPS) is 12.5. The average molecular weight is 305 g/mol. The van der Waals surface area contributed by atoms with Crippen LogP contribution in [0.5, 0.6) is 0 Å². The summed E-state index contributed by atoms with van der Waals surface area (Å²) in [5.41, 5.74) is 1.28. The molecule has 2 aromatic rings. The summed E-state index contributed by atoms with van der Waals surface area (Å²) in [4.78, 5) is 5.75. The van der Waals surface area contributed by atoms with Crippen LogP contribution < -0.4 is 5.32 Å². The van der Waals surface area contributed by atoms with Crippen LogP contribution in [0, 0.1) is 6.92 Å². The first-order valence-electron chi connectivity index (χ1n) is 7.40. The Morgan fingerprint density at radius 1 is 1.33 bits per heavy atom. The Balaban J connectivity index is 1.90. The topological polar surface area (TPSA) is 51.0 Å². The Labute approximate surface area is 130 Å². The van der Waals surface area contributed by atoms with Gasteiger partial charge < -0.3 is 9.84 Å². The van der Waals surface area contributed by atoms with E-state index in [1.54, 1.807) is 11.8 Å². The van der Waals surface area contributed by atoms with E-state index in [2.05, 4.69) is 53.6 Å². The number of likely N-dealkylation sites (N-methyl/N-ethyl adjacent to an activating group) is 1. The van der Waals surface area contributed by atoms with Crippen LogP contribution in [0.2, 0.25) is 0 Å². The molecule has 2 rings (SSSR count). The summed E-state index contributed by atoms with van der Waals surface area (Å²) < 4.78 is 5.35. The molecule has 0 aliphatic carbocycles. The van der Waals surface area contributed by atoms with Crippen LogP contribution in [0.1, 0.15) is 37.0 Å². The lowest BCUT2D eigenvalue weighted by molar-refractivity contribution is 0.353. The van der Waals surface area contributed by atoms with Crippen molar-refractivity contribution in [2.45, 2.75) is 49.8 Å². The van der Waals surface area contributed by atoms with Crippen LogP contribution in [0.15, 0.2) is 33.7 Å². The Hall–Kier alpha value is -1.33. The van der Waals surface area contributed by atoms with Crippen molar-refractivity contribution in [2.24, 2.45) is 0 Å². The molecule has 5 heteroatoms. The fourth-order valence-electron chi connectivity index (χ4n) is 2.20. The number of nitrogens with one attached hydrogen (secondary N) is 1. The van der Waals surface area contributed by atoms with E-state index in [9.17, 15) is 0 Å². The van der Waals surface area contributed by atoms with E-state index >= 15 is 0 Å². The molecule has 1 atom stereocenters. The van der Waals surface area contributed by atoms with Gasteiger partial charge in [-0.2, -0.15) is 4.98 Å². The van der Waals surface area contributed by atoms with Gasteiger partial charge in [-0.15, -0.1) is 11.8 Å². The molecule has 114 valence electrons. The first-order valence-corrected chi connectivity index (χ1v) is 8.38. The fraction of sp³-hybridized carbons (Fsp3) is 0.500. The molecule has 0 saturated heterocycles. The molecular weight excluding hydrogens is 282 g/mol. The largest absolute Gasteiger partial charge is 0.339 e. The smallest absolute Gasteiger partial charge is 0.228 e. The lowest BCUT2D eigenvalue weighted by Crippen LogP contribution is -2.27. The second kappa shape index (κ2) is 8.20. The van der Waals surface area contributed by atoms with Crippen LogP contribution in [0.3, 0.4) is 0 Å². The highest BCUT2D eigenvalue weighted by molar-refractivity contribution is 7.98. The third kappa shape index (κ3) is 4.86. The first-order chi connectivity index (χ1) is 10.2. The summed E-state index contributed by atoms with van der Waals surface area (Å²) in [6, 6.07) is 8.76. The van der Waals surface area contributed by atoms with Crippen molar-refractivity contribution in [3.05, 3.63) is 41.5 Å². The summed E-state index contributed by atoms with van der Waals surface area (Å²) in [7, 11) is 1.98. The quantitative estimate of drug-likeness (QED) is 0.755. The standard InChI is InChI=1S/C16H23N3OS/c1-4-7-13(17-3)10-16-18-15(19-20-16)11-21-14-9-6-5-8-12(14)2/h5-6,8-9,13,17H,4,7,10-11H2,1-3H3. The number of hydrogen-bond donors (Lipinski definition) is 1. The average Bonchev–Trinajstić information content (AvgIpc) is 2.93. The summed E-state index contributed by atoms with van der Waals surface area (Å²) in [5, 5.41) is 7.37. The number of nitrogens with zero attached hydrogens (tertiary/aromatic N) is 2. The Bertz CT molecular complexity index is 556. The second-order valence-electron chi connectivity index (χ2n) is 5.14. The molecule has 21 heavy (non-hydrogen) atoms. The second-order valence-corrected chi connectivity index (χ2v) is 6.15. The Morgan fingerprint density at radius 2 is 2.14 bits per heavy atom. The van der Waals surface area contributed by atoms with Gasteiger partial charge in [-0.05, 0) is 32.0 Å². The summed E-state index contributed by atoms with van der Waals surface area (Å²) in [5.74, 6) is 2.24. The molecule has 0 spiro atoms. The highest BCUT2D eigenvalue weighted by atomic mass is 32.2. The van der Waals surface area contributed by atoms with Crippen molar-refractivity contribution < 1.29 is 4.52 Å². The van der Waals surface area contributed by atoms with E-state index in [4.69, 9.17) is 4.52 Å². The van der Waals surface area contributed by atoms with Gasteiger partial charge in [-0.25, -0.2) is 0 Å². The van der Waals surface area contributed by atoms with Crippen molar-refractivity contribution >= 4 is 11.8 Å². The maximum atomic E-state index is 5.35. The summed E-state index contributed by atoms with van der Waals surface area (Å²) >= 11 is 1.75. The van der Waals surface area contributed by atoms with E-state index in [-0.39, 0.29) is 0 Å². The zero-order valence-electron chi connectivity index (χ0n) is 12.9. The summed E-state index contributed by atoms with van der Waals surface area (Å²) in [6.45, 7) is 4.30. The van der Waals surface area contributed by atoms with Gasteiger partial charge in [-0.1, -0.05) is 36.7 Å². The van der Waals surface area contributed by atoms with Gasteiger partial charge in [0.2, 0.25) is 5.89 Å². The van der Waals surface area contributed by atoms with Crippen LogP contribution >= 0.6 is 11.8 Å². The van der Waals surface area contributed by atoms with Crippen LogP contribution in [0.4, 0.5) is 0 Å². The monoisotopic (exact) mass is 305 g/mol. The highest BCUT2D eigenvalue weighted by Crippen LogP contribution is 2.24. The molecule has 0 amide bonds. The van der Waals surface area contributed by atoms with Gasteiger partial charge >= 0.3 is 0 Å². The van der Waals surface area contributed by atoms with Crippen LogP contribution in [-0.2, 0) is 12.2 Å². The first kappa shape index (κ1) is 16.0. The van der Waals surface area contributed by atoms with Crippen molar-refractivity contribution in [1.82, 2.24) is 15.5 Å². The molecule has 1 heterocycles. The third-order valence-electron chi connectivity index (χ3n) is 3.43. The molecule has 0 bridgehead atoms.